The smallest absolute Gasteiger partial charge is 0.238 e. The van der Waals surface area contributed by atoms with E-state index in [9.17, 15) is 13.2 Å². The van der Waals surface area contributed by atoms with Crippen LogP contribution in [0.1, 0.15) is 37.2 Å². The van der Waals surface area contributed by atoms with Gasteiger partial charge in [0.15, 0.2) is 11.5 Å². The zero-order valence-corrected chi connectivity index (χ0v) is 23.2. The van der Waals surface area contributed by atoms with Crippen LogP contribution in [0.25, 0.3) is 6.08 Å². The van der Waals surface area contributed by atoms with Crippen LogP contribution < -0.4 is 9.47 Å². The predicted octanol–water partition coefficient (Wildman–Crippen LogP) is 4.97. The van der Waals surface area contributed by atoms with Crippen molar-refractivity contribution in [3.63, 3.8) is 0 Å². The Morgan fingerprint density at radius 3 is 2.39 bits per heavy atom. The third-order valence-corrected chi connectivity index (χ3v) is 7.95. The van der Waals surface area contributed by atoms with Crippen molar-refractivity contribution in [3.8, 4) is 11.5 Å². The molecule has 2 aromatic carbocycles. The maximum absolute atomic E-state index is 13.6. The first-order valence-corrected chi connectivity index (χ1v) is 14.0. The zero-order valence-electron chi connectivity index (χ0n) is 22.4. The van der Waals surface area contributed by atoms with Gasteiger partial charge in [0.2, 0.25) is 15.9 Å². The highest BCUT2D eigenvalue weighted by atomic mass is 32.2. The molecule has 0 unspecified atom stereocenters. The van der Waals surface area contributed by atoms with E-state index in [2.05, 4.69) is 0 Å². The number of rotatable bonds is 14. The molecule has 204 valence electrons. The fourth-order valence-corrected chi connectivity index (χ4v) is 5.35. The Hall–Kier alpha value is -3.56. The van der Waals surface area contributed by atoms with Gasteiger partial charge < -0.3 is 18.8 Å². The Labute approximate surface area is 225 Å². The summed E-state index contributed by atoms with van der Waals surface area (Å²) in [7, 11) is -0.704. The lowest BCUT2D eigenvalue weighted by atomic mass is 10.1. The second kappa shape index (κ2) is 13.8. The van der Waals surface area contributed by atoms with Crippen LogP contribution in [0.3, 0.4) is 0 Å². The number of nitrogens with zero attached hydrogens (tertiary/aromatic N) is 2. The van der Waals surface area contributed by atoms with Crippen LogP contribution in [0.15, 0.2) is 76.8 Å². The molecule has 8 nitrogen and oxygen atoms in total. The summed E-state index contributed by atoms with van der Waals surface area (Å²) in [4.78, 5) is 15.2. The van der Waals surface area contributed by atoms with E-state index in [4.69, 9.17) is 13.9 Å². The van der Waals surface area contributed by atoms with Crippen molar-refractivity contribution in [2.45, 2.75) is 39.3 Å². The molecule has 0 N–H and O–H groups in total. The van der Waals surface area contributed by atoms with Gasteiger partial charge in [0.25, 0.3) is 0 Å². The van der Waals surface area contributed by atoms with E-state index >= 15 is 0 Å². The third-order valence-electron chi connectivity index (χ3n) is 6.33. The number of carbonyl (C=O) groups excluding carboxylic acids is 1. The first kappa shape index (κ1) is 29.0. The second-order valence-corrected chi connectivity index (χ2v) is 10.7. The van der Waals surface area contributed by atoms with Gasteiger partial charge in [-0.2, -0.15) is 4.31 Å². The minimum atomic E-state index is -3.85. The van der Waals surface area contributed by atoms with E-state index in [1.54, 1.807) is 43.6 Å². The molecule has 9 heteroatoms. The number of methoxy groups -OCH3 is 2. The molecule has 0 radical (unpaired) electrons. The van der Waals surface area contributed by atoms with E-state index in [1.165, 1.54) is 9.71 Å². The molecule has 0 spiro atoms. The van der Waals surface area contributed by atoms with E-state index in [0.717, 1.165) is 11.1 Å². The number of amides is 1. The average Bonchev–Trinajstić information content (AvgIpc) is 3.46. The molecule has 0 aliphatic heterocycles. The summed E-state index contributed by atoms with van der Waals surface area (Å²) in [6.07, 6.45) is 4.20. The maximum atomic E-state index is 13.6. The van der Waals surface area contributed by atoms with Gasteiger partial charge in [-0.3, -0.25) is 4.79 Å². The summed E-state index contributed by atoms with van der Waals surface area (Å²) in [6, 6.07) is 18.0. The molecule has 1 aromatic heterocycles. The molecule has 0 fully saturated rings. The van der Waals surface area contributed by atoms with Crippen molar-refractivity contribution in [2.24, 2.45) is 0 Å². The first-order valence-electron chi connectivity index (χ1n) is 12.5. The standard InChI is InChI=1S/C29H36N2O6S/c1-5-23(2)31(38(33,34)19-16-24-10-7-6-8-11-24)22-29(32)30(21-26-12-9-18-37-26)17-15-25-13-14-27(35-3)28(20-25)36-4/h6-14,16,18-20,23H,5,15,17,21-22H2,1-4H3/b19-16+/t23-/m0/s1. The van der Waals surface area contributed by atoms with E-state index in [1.807, 2.05) is 62.4 Å². The molecule has 3 aromatic rings. The SMILES string of the molecule is CC[C@H](C)N(CC(=O)N(CCc1ccc(OC)c(OC)c1)Cc1ccco1)S(=O)(=O)/C=C/c1ccccc1. The lowest BCUT2D eigenvalue weighted by Crippen LogP contribution is -2.46. The lowest BCUT2D eigenvalue weighted by Gasteiger charge is -2.29. The Balaban J connectivity index is 1.81. The highest BCUT2D eigenvalue weighted by Crippen LogP contribution is 2.28. The van der Waals surface area contributed by atoms with Crippen LogP contribution in [0.5, 0.6) is 11.5 Å². The summed E-state index contributed by atoms with van der Waals surface area (Å²) in [5.74, 6) is 1.54. The maximum Gasteiger partial charge on any atom is 0.238 e. The minimum absolute atomic E-state index is 0.230. The number of sulfonamides is 1. The summed E-state index contributed by atoms with van der Waals surface area (Å²) in [5, 5.41) is 1.17. The van der Waals surface area contributed by atoms with Crippen LogP contribution in [0, 0.1) is 0 Å². The highest BCUT2D eigenvalue weighted by molar-refractivity contribution is 7.92. The summed E-state index contributed by atoms with van der Waals surface area (Å²) < 4.78 is 44.1. The molecule has 38 heavy (non-hydrogen) atoms. The molecule has 3 rings (SSSR count). The van der Waals surface area contributed by atoms with Gasteiger partial charge in [-0.05, 0) is 61.2 Å². The average molecular weight is 541 g/mol. The zero-order chi connectivity index (χ0) is 27.5. The normalized spacial score (nSPS) is 12.6. The van der Waals surface area contributed by atoms with Gasteiger partial charge in [0.1, 0.15) is 5.76 Å². The predicted molar refractivity (Wildman–Crippen MR) is 148 cm³/mol. The Bertz CT molecular complexity index is 1290. The van der Waals surface area contributed by atoms with Crippen molar-refractivity contribution in [1.29, 1.82) is 0 Å². The van der Waals surface area contributed by atoms with Crippen LogP contribution in [-0.4, -0.2) is 56.9 Å². The van der Waals surface area contributed by atoms with Gasteiger partial charge in [-0.1, -0.05) is 43.3 Å². The topological polar surface area (TPSA) is 89.3 Å². The van der Waals surface area contributed by atoms with E-state index < -0.39 is 10.0 Å². The molecular weight excluding hydrogens is 504 g/mol. The minimum Gasteiger partial charge on any atom is -0.493 e. The molecule has 0 aliphatic carbocycles. The molecule has 1 heterocycles. The van der Waals surface area contributed by atoms with Crippen LogP contribution in [0.4, 0.5) is 0 Å². The van der Waals surface area contributed by atoms with Gasteiger partial charge in [-0.15, -0.1) is 0 Å². The summed E-state index contributed by atoms with van der Waals surface area (Å²) in [5.41, 5.74) is 1.72. The summed E-state index contributed by atoms with van der Waals surface area (Å²) in [6.45, 7) is 4.03. The Morgan fingerprint density at radius 1 is 1.03 bits per heavy atom. The Morgan fingerprint density at radius 2 is 1.76 bits per heavy atom. The lowest BCUT2D eigenvalue weighted by molar-refractivity contribution is -0.132. The van der Waals surface area contributed by atoms with Crippen molar-refractivity contribution in [3.05, 3.63) is 89.2 Å². The van der Waals surface area contributed by atoms with E-state index in [-0.39, 0.29) is 25.0 Å². The van der Waals surface area contributed by atoms with Gasteiger partial charge in [0.05, 0.1) is 33.6 Å². The molecule has 1 amide bonds. The number of hydrogen-bond acceptors (Lipinski definition) is 6. The van der Waals surface area contributed by atoms with Gasteiger partial charge >= 0.3 is 0 Å². The van der Waals surface area contributed by atoms with Crippen LogP contribution in [0.2, 0.25) is 0 Å². The fraction of sp³-hybridized carbons (Fsp3) is 0.345. The Kier molecular flexibility index (Phi) is 10.6. The third kappa shape index (κ3) is 7.97. The molecule has 1 atom stereocenters. The largest absolute Gasteiger partial charge is 0.493 e. The van der Waals surface area contributed by atoms with Gasteiger partial charge in [-0.25, -0.2) is 8.42 Å². The number of furan rings is 1. The molecule has 0 saturated carbocycles. The molecular formula is C29H36N2O6S. The number of hydrogen-bond donors (Lipinski definition) is 0. The quantitative estimate of drug-likeness (QED) is 0.287. The van der Waals surface area contributed by atoms with Crippen molar-refractivity contribution in [1.82, 2.24) is 9.21 Å². The van der Waals surface area contributed by atoms with Crippen molar-refractivity contribution < 1.29 is 27.1 Å². The molecule has 0 aliphatic rings. The van der Waals surface area contributed by atoms with Crippen molar-refractivity contribution >= 4 is 22.0 Å². The monoisotopic (exact) mass is 540 g/mol. The van der Waals surface area contributed by atoms with Crippen molar-refractivity contribution in [2.75, 3.05) is 27.3 Å². The van der Waals surface area contributed by atoms with Gasteiger partial charge in [0, 0.05) is 18.0 Å². The molecule has 0 saturated heterocycles. The summed E-state index contributed by atoms with van der Waals surface area (Å²) >= 11 is 0. The second-order valence-electron chi connectivity index (χ2n) is 8.89. The van der Waals surface area contributed by atoms with Crippen LogP contribution >= 0.6 is 0 Å². The number of benzene rings is 2. The number of ether oxygens (including phenoxy) is 2. The number of carbonyl (C=O) groups is 1. The molecule has 0 bridgehead atoms. The highest BCUT2D eigenvalue weighted by Gasteiger charge is 2.29. The first-order chi connectivity index (χ1) is 18.3. The fourth-order valence-electron chi connectivity index (χ4n) is 3.92. The van der Waals surface area contributed by atoms with Crippen LogP contribution in [-0.2, 0) is 27.8 Å². The van der Waals surface area contributed by atoms with E-state index in [0.29, 0.717) is 36.6 Å².